The number of hydrogen-bond donors (Lipinski definition) is 1. The summed E-state index contributed by atoms with van der Waals surface area (Å²) in [7, 11) is -3.31. The number of nitrogens with zero attached hydrogens (tertiary/aromatic N) is 3. The molecule has 1 saturated heterocycles. The number of benzene rings is 2. The maximum atomic E-state index is 13.2. The third-order valence-electron chi connectivity index (χ3n) is 6.51. The zero-order valence-electron chi connectivity index (χ0n) is 19.5. The number of ether oxygens (including phenoxy) is 1. The van der Waals surface area contributed by atoms with Crippen LogP contribution in [0, 0.1) is 0 Å². The van der Waals surface area contributed by atoms with Gasteiger partial charge in [-0.3, -0.25) is 15.0 Å². The average molecular weight is 547 g/mol. The van der Waals surface area contributed by atoms with Crippen molar-refractivity contribution in [3.05, 3.63) is 58.6 Å². The molecule has 0 saturated carbocycles. The first-order chi connectivity index (χ1) is 17.0. The lowest BCUT2D eigenvalue weighted by Crippen LogP contribution is -2.41. The molecule has 1 atom stereocenters. The van der Waals surface area contributed by atoms with Gasteiger partial charge in [-0.1, -0.05) is 22.9 Å². The smallest absolute Gasteiger partial charge is 0.328 e. The highest BCUT2D eigenvalue weighted by Gasteiger charge is 2.49. The Morgan fingerprint density at radius 2 is 1.86 bits per heavy atom. The molecule has 1 fully saturated rings. The predicted molar refractivity (Wildman–Crippen MR) is 138 cm³/mol. The number of likely N-dealkylation sites (tertiary alicyclic amines) is 1. The fraction of sp³-hybridized carbons (Fsp3) is 0.292. The fourth-order valence-electron chi connectivity index (χ4n) is 4.75. The molecule has 1 N–H and O–H groups in total. The second kappa shape index (κ2) is 9.06. The van der Waals surface area contributed by atoms with E-state index >= 15 is 0 Å². The van der Waals surface area contributed by atoms with Gasteiger partial charge < -0.3 is 9.64 Å². The molecule has 0 aliphatic carbocycles. The van der Waals surface area contributed by atoms with E-state index < -0.39 is 15.3 Å². The number of aromatic nitrogens is 1. The number of hydrogen-bond acceptors (Lipinski definition) is 7. The van der Waals surface area contributed by atoms with E-state index in [2.05, 4.69) is 10.3 Å². The quantitative estimate of drug-likeness (QED) is 0.515. The van der Waals surface area contributed by atoms with Gasteiger partial charge in [0.1, 0.15) is 15.8 Å². The minimum Gasteiger partial charge on any atom is -0.457 e. The third kappa shape index (κ3) is 4.65. The standard InChI is InChI=1S/C24H23ClN4O5S2/c1-15(30)28-10-9-24(13-28)14-29(23(31)27-22-26-12-21(25)35-22)20-8-5-17(11-19(20)24)34-16-3-6-18(7-4-16)36(2,32)33/h3-8,11-12H,9-10,13-14H2,1-2H3,(H,26,27,31). The molecule has 3 heterocycles. The molecule has 2 aliphatic heterocycles. The highest BCUT2D eigenvalue weighted by Crippen LogP contribution is 2.48. The van der Waals surface area contributed by atoms with E-state index in [0.29, 0.717) is 47.0 Å². The summed E-state index contributed by atoms with van der Waals surface area (Å²) in [4.78, 5) is 33.1. The summed E-state index contributed by atoms with van der Waals surface area (Å²) in [6.07, 6.45) is 3.34. The summed E-state index contributed by atoms with van der Waals surface area (Å²) in [6, 6.07) is 11.4. The molecule has 1 spiro atoms. The zero-order valence-corrected chi connectivity index (χ0v) is 21.9. The van der Waals surface area contributed by atoms with Crippen molar-refractivity contribution in [3.63, 3.8) is 0 Å². The van der Waals surface area contributed by atoms with Crippen molar-refractivity contribution in [1.29, 1.82) is 0 Å². The van der Waals surface area contributed by atoms with Crippen LogP contribution in [0.4, 0.5) is 15.6 Å². The van der Waals surface area contributed by atoms with E-state index in [1.54, 1.807) is 34.9 Å². The molecule has 0 bridgehead atoms. The fourth-order valence-corrected chi connectivity index (χ4v) is 6.18. The van der Waals surface area contributed by atoms with Crippen molar-refractivity contribution >= 4 is 55.5 Å². The van der Waals surface area contributed by atoms with Gasteiger partial charge in [0.15, 0.2) is 15.0 Å². The molecule has 1 unspecified atom stereocenters. The molecule has 12 heteroatoms. The van der Waals surface area contributed by atoms with Crippen LogP contribution in [0.2, 0.25) is 4.34 Å². The van der Waals surface area contributed by atoms with Crippen LogP contribution in [0.1, 0.15) is 18.9 Å². The third-order valence-corrected chi connectivity index (χ3v) is 8.67. The first kappa shape index (κ1) is 24.5. The number of rotatable bonds is 4. The Kier molecular flexibility index (Phi) is 6.17. The largest absolute Gasteiger partial charge is 0.457 e. The lowest BCUT2D eigenvalue weighted by atomic mass is 9.81. The van der Waals surface area contributed by atoms with Crippen LogP contribution in [0.25, 0.3) is 0 Å². The lowest BCUT2D eigenvalue weighted by Gasteiger charge is -2.25. The van der Waals surface area contributed by atoms with Crippen molar-refractivity contribution in [2.24, 2.45) is 0 Å². The van der Waals surface area contributed by atoms with E-state index in [0.717, 1.165) is 17.5 Å². The molecule has 5 rings (SSSR count). The maximum Gasteiger partial charge on any atom is 0.328 e. The summed E-state index contributed by atoms with van der Waals surface area (Å²) in [5.74, 6) is 1.03. The Hall–Kier alpha value is -3.15. The van der Waals surface area contributed by atoms with Crippen LogP contribution in [-0.2, 0) is 20.0 Å². The number of carbonyl (C=O) groups excluding carboxylic acids is 2. The molecule has 0 radical (unpaired) electrons. The molecule has 36 heavy (non-hydrogen) atoms. The number of anilines is 2. The number of thiazole rings is 1. The Bertz CT molecular complexity index is 1460. The maximum absolute atomic E-state index is 13.2. The van der Waals surface area contributed by atoms with E-state index in [9.17, 15) is 18.0 Å². The first-order valence-electron chi connectivity index (χ1n) is 11.1. The second-order valence-corrected chi connectivity index (χ2v) is 12.7. The normalized spacial score (nSPS) is 19.0. The van der Waals surface area contributed by atoms with Crippen molar-refractivity contribution in [2.75, 3.05) is 36.1 Å². The Labute approximate surface area is 217 Å². The van der Waals surface area contributed by atoms with Crippen molar-refractivity contribution < 1.29 is 22.7 Å². The van der Waals surface area contributed by atoms with Crippen LogP contribution in [0.3, 0.4) is 0 Å². The molecule has 2 aliphatic rings. The average Bonchev–Trinajstić information content (AvgIpc) is 3.52. The van der Waals surface area contributed by atoms with Gasteiger partial charge in [0.05, 0.1) is 11.1 Å². The van der Waals surface area contributed by atoms with Crippen molar-refractivity contribution in [1.82, 2.24) is 9.88 Å². The molecule has 3 amide bonds. The van der Waals surface area contributed by atoms with Crippen LogP contribution < -0.4 is 15.0 Å². The summed E-state index contributed by atoms with van der Waals surface area (Å²) in [5.41, 5.74) is 1.22. The number of fused-ring (bicyclic) bond motifs is 2. The van der Waals surface area contributed by atoms with Crippen LogP contribution in [0.15, 0.2) is 53.6 Å². The van der Waals surface area contributed by atoms with Crippen LogP contribution in [0.5, 0.6) is 11.5 Å². The molecule has 3 aromatic rings. The topological polar surface area (TPSA) is 109 Å². The van der Waals surface area contributed by atoms with Crippen molar-refractivity contribution in [2.45, 2.75) is 23.7 Å². The monoisotopic (exact) mass is 546 g/mol. The van der Waals surface area contributed by atoms with Gasteiger partial charge in [0, 0.05) is 43.9 Å². The predicted octanol–water partition coefficient (Wildman–Crippen LogP) is 4.53. The summed E-state index contributed by atoms with van der Waals surface area (Å²) in [5, 5.41) is 3.21. The number of urea groups is 1. The van der Waals surface area contributed by atoms with Gasteiger partial charge in [-0.05, 0) is 54.4 Å². The molecule has 2 aromatic carbocycles. The summed E-state index contributed by atoms with van der Waals surface area (Å²) in [6.45, 7) is 3.05. The minimum atomic E-state index is -3.31. The number of sulfone groups is 1. The van der Waals surface area contributed by atoms with E-state index in [4.69, 9.17) is 16.3 Å². The van der Waals surface area contributed by atoms with Gasteiger partial charge in [0.25, 0.3) is 0 Å². The van der Waals surface area contributed by atoms with Gasteiger partial charge in [-0.2, -0.15) is 0 Å². The van der Waals surface area contributed by atoms with Crippen LogP contribution >= 0.6 is 22.9 Å². The van der Waals surface area contributed by atoms with Gasteiger partial charge >= 0.3 is 6.03 Å². The number of halogens is 1. The molecular weight excluding hydrogens is 524 g/mol. The van der Waals surface area contributed by atoms with Crippen molar-refractivity contribution in [3.8, 4) is 11.5 Å². The highest BCUT2D eigenvalue weighted by atomic mass is 35.5. The van der Waals surface area contributed by atoms with Crippen LogP contribution in [-0.4, -0.2) is 56.1 Å². The lowest BCUT2D eigenvalue weighted by molar-refractivity contribution is -0.127. The summed E-state index contributed by atoms with van der Waals surface area (Å²) >= 11 is 7.13. The van der Waals surface area contributed by atoms with E-state index in [-0.39, 0.29) is 16.8 Å². The van der Waals surface area contributed by atoms with Gasteiger partial charge in [-0.15, -0.1) is 0 Å². The number of nitrogens with one attached hydrogen (secondary N) is 1. The van der Waals surface area contributed by atoms with Gasteiger partial charge in [0.2, 0.25) is 5.91 Å². The summed E-state index contributed by atoms with van der Waals surface area (Å²) < 4.78 is 30.0. The molecule has 9 nitrogen and oxygen atoms in total. The highest BCUT2D eigenvalue weighted by molar-refractivity contribution is 7.90. The number of carbonyl (C=O) groups is 2. The van der Waals surface area contributed by atoms with E-state index in [1.165, 1.54) is 29.7 Å². The molecule has 1 aromatic heterocycles. The number of amides is 3. The Balaban J connectivity index is 1.46. The minimum absolute atomic E-state index is 0.00729. The molecule has 188 valence electrons. The zero-order chi connectivity index (χ0) is 25.7. The molecular formula is C24H23ClN4O5S2. The SMILES string of the molecule is CC(=O)N1CCC2(C1)CN(C(=O)Nc1ncc(Cl)s1)c1ccc(Oc3ccc(S(C)(=O)=O)cc3)cc12. The second-order valence-electron chi connectivity index (χ2n) is 8.98. The van der Waals surface area contributed by atoms with E-state index in [1.807, 2.05) is 12.1 Å². The Morgan fingerprint density at radius 3 is 2.47 bits per heavy atom. The van der Waals surface area contributed by atoms with Gasteiger partial charge in [-0.25, -0.2) is 18.2 Å². The first-order valence-corrected chi connectivity index (χ1v) is 14.2. The Morgan fingerprint density at radius 1 is 1.14 bits per heavy atom.